The number of fused-ring (bicyclic) bond motifs is 3. The van der Waals surface area contributed by atoms with Crippen LogP contribution in [0.2, 0.25) is 0 Å². The summed E-state index contributed by atoms with van der Waals surface area (Å²) in [5, 5.41) is 0. The van der Waals surface area contributed by atoms with Crippen LogP contribution in [0.3, 0.4) is 0 Å². The largest absolute Gasteiger partial charge is 0.412 e. The topological polar surface area (TPSA) is 22.1 Å². The van der Waals surface area contributed by atoms with Crippen LogP contribution in [0.4, 0.5) is 43.4 Å². The van der Waals surface area contributed by atoms with E-state index in [0.717, 1.165) is 29.7 Å². The molecule has 0 N–H and O–H groups in total. The first kappa shape index (κ1) is 27.3. The van der Waals surface area contributed by atoms with Gasteiger partial charge in [0, 0.05) is 17.6 Å². The first-order chi connectivity index (χ1) is 17.8. The van der Waals surface area contributed by atoms with Gasteiger partial charge in [-0.3, -0.25) is 9.80 Å². The fourth-order valence-electron chi connectivity index (χ4n) is 5.51. The molecule has 2 atom stereocenters. The summed E-state index contributed by atoms with van der Waals surface area (Å²) < 4.78 is 84.3. The molecule has 2 aromatic carbocycles. The predicted octanol–water partition coefficient (Wildman–Crippen LogP) is 7.86. The maximum absolute atomic E-state index is 14.4. The number of para-hydroxylation sites is 2. The summed E-state index contributed by atoms with van der Waals surface area (Å²) in [4.78, 5) is 8.45. The van der Waals surface area contributed by atoms with Crippen LogP contribution >= 0.6 is 15.9 Å². The minimum atomic E-state index is -4.72. The molecule has 0 amide bonds. The van der Waals surface area contributed by atoms with Gasteiger partial charge in [0.2, 0.25) is 5.96 Å². The van der Waals surface area contributed by atoms with Crippen LogP contribution in [0.25, 0.3) is 0 Å². The zero-order chi connectivity index (χ0) is 27.4. The van der Waals surface area contributed by atoms with Gasteiger partial charge < -0.3 is 4.90 Å². The van der Waals surface area contributed by atoms with Gasteiger partial charge in [0.05, 0.1) is 29.6 Å². The number of hydrogen-bond acceptors (Lipinski definition) is 4. The zero-order valence-corrected chi connectivity index (χ0v) is 22.6. The third-order valence-corrected chi connectivity index (χ3v) is 8.19. The van der Waals surface area contributed by atoms with Crippen LogP contribution in [0.5, 0.6) is 0 Å². The van der Waals surface area contributed by atoms with Crippen molar-refractivity contribution >= 4 is 39.0 Å². The second kappa shape index (κ2) is 10.0. The van der Waals surface area contributed by atoms with Gasteiger partial charge in [0.1, 0.15) is 0 Å². The molecule has 0 spiro atoms. The Balaban J connectivity index is 1.56. The van der Waals surface area contributed by atoms with Gasteiger partial charge in [-0.15, -0.1) is 0 Å². The highest BCUT2D eigenvalue weighted by Gasteiger charge is 2.56. The van der Waals surface area contributed by atoms with Crippen molar-refractivity contribution in [2.45, 2.75) is 63.5 Å². The molecule has 1 fully saturated rings. The number of rotatable bonds is 7. The highest BCUT2D eigenvalue weighted by molar-refractivity contribution is 9.10. The second-order valence-corrected chi connectivity index (χ2v) is 11.5. The van der Waals surface area contributed by atoms with Gasteiger partial charge in [-0.25, -0.2) is 4.99 Å². The van der Waals surface area contributed by atoms with Crippen molar-refractivity contribution in [1.82, 2.24) is 4.90 Å². The van der Waals surface area contributed by atoms with E-state index in [2.05, 4.69) is 20.9 Å². The molecule has 2 heterocycles. The summed E-state index contributed by atoms with van der Waals surface area (Å²) in [6.45, 7) is 2.57. The molecule has 5 rings (SSSR count). The molecule has 1 saturated carbocycles. The van der Waals surface area contributed by atoms with E-state index in [-0.39, 0.29) is 24.3 Å². The molecule has 38 heavy (non-hydrogen) atoms. The Morgan fingerprint density at radius 1 is 0.974 bits per heavy atom. The number of nitrogens with zero attached hydrogens (tertiary/aromatic N) is 4. The van der Waals surface area contributed by atoms with Crippen molar-refractivity contribution in [3.63, 3.8) is 0 Å². The van der Waals surface area contributed by atoms with Crippen LogP contribution in [0, 0.1) is 5.92 Å². The van der Waals surface area contributed by atoms with E-state index >= 15 is 0 Å². The fraction of sp³-hybridized carbons (Fsp3) is 0.519. The molecule has 11 heteroatoms. The number of anilines is 3. The zero-order valence-electron chi connectivity index (χ0n) is 21.0. The van der Waals surface area contributed by atoms with Gasteiger partial charge >= 0.3 is 12.4 Å². The summed E-state index contributed by atoms with van der Waals surface area (Å²) in [6, 6.07) is 9.21. The SMILES string of the molecule is CC(C)c1ccc(N2C3=NC(C(F)(F)F)C(CN(CC4CCC4)CC(F)(F)F)N3c3ccccc32)c(Br)c1. The Bertz CT molecular complexity index is 1210. The molecule has 4 nitrogen and oxygen atoms in total. The quantitative estimate of drug-likeness (QED) is 0.301. The average Bonchev–Trinajstić information content (AvgIpc) is 3.30. The van der Waals surface area contributed by atoms with E-state index in [0.29, 0.717) is 21.5 Å². The van der Waals surface area contributed by atoms with Crippen LogP contribution in [-0.2, 0) is 0 Å². The standard InChI is InChI=1S/C27H29BrF6N4/c1-16(2)18-10-11-20(19(28)12-18)37-21-8-3-4-9-22(21)38-23(24(27(32,33)34)35-25(37)38)14-36(15-26(29,30)31)13-17-6-5-7-17/h3-4,8-12,16-17,23-24H,5-7,13-15H2,1-2H3. The number of guanidine groups is 1. The lowest BCUT2D eigenvalue weighted by Crippen LogP contribution is -2.53. The van der Waals surface area contributed by atoms with E-state index in [1.54, 1.807) is 29.2 Å². The molecule has 0 aromatic heterocycles. The summed E-state index contributed by atoms with van der Waals surface area (Å²) in [7, 11) is 0. The first-order valence-corrected chi connectivity index (χ1v) is 13.5. The van der Waals surface area contributed by atoms with Crippen LogP contribution in [0.15, 0.2) is 51.9 Å². The maximum atomic E-state index is 14.4. The summed E-state index contributed by atoms with van der Waals surface area (Å²) in [5.41, 5.74) is 2.81. The lowest BCUT2D eigenvalue weighted by atomic mass is 9.85. The van der Waals surface area contributed by atoms with Gasteiger partial charge in [-0.2, -0.15) is 26.3 Å². The molecule has 0 saturated heterocycles. The molecule has 2 aromatic rings. The van der Waals surface area contributed by atoms with Crippen LogP contribution in [0.1, 0.15) is 44.6 Å². The van der Waals surface area contributed by atoms with Crippen molar-refractivity contribution in [2.24, 2.45) is 10.9 Å². The van der Waals surface area contributed by atoms with Gasteiger partial charge in [0.15, 0.2) is 6.04 Å². The van der Waals surface area contributed by atoms with Crippen molar-refractivity contribution < 1.29 is 26.3 Å². The smallest absolute Gasteiger partial charge is 0.303 e. The monoisotopic (exact) mass is 602 g/mol. The molecule has 0 radical (unpaired) electrons. The Morgan fingerprint density at radius 3 is 2.21 bits per heavy atom. The molecule has 2 aliphatic heterocycles. The van der Waals surface area contributed by atoms with E-state index < -0.39 is 37.5 Å². The Kier molecular flexibility index (Phi) is 7.21. The average molecular weight is 603 g/mol. The molecule has 1 aliphatic carbocycles. The molecular formula is C27H29BrF6N4. The molecule has 2 unspecified atom stereocenters. The lowest BCUT2D eigenvalue weighted by Gasteiger charge is -2.37. The van der Waals surface area contributed by atoms with Crippen LogP contribution in [-0.4, -0.2) is 54.9 Å². The predicted molar refractivity (Wildman–Crippen MR) is 140 cm³/mol. The van der Waals surface area contributed by atoms with Gasteiger partial charge in [-0.1, -0.05) is 38.5 Å². The van der Waals surface area contributed by atoms with Crippen molar-refractivity contribution in [3.8, 4) is 0 Å². The highest BCUT2D eigenvalue weighted by Crippen LogP contribution is 2.49. The Morgan fingerprint density at radius 2 is 1.66 bits per heavy atom. The fourth-order valence-corrected chi connectivity index (χ4v) is 6.09. The minimum absolute atomic E-state index is 0.0706. The number of hydrogen-bond donors (Lipinski definition) is 0. The Labute approximate surface area is 226 Å². The number of aliphatic imine (C=N–C) groups is 1. The number of benzene rings is 2. The van der Waals surface area contributed by atoms with E-state index in [9.17, 15) is 26.3 Å². The third kappa shape index (κ3) is 5.28. The van der Waals surface area contributed by atoms with E-state index in [1.807, 2.05) is 32.0 Å². The van der Waals surface area contributed by atoms with E-state index in [4.69, 9.17) is 0 Å². The summed E-state index contributed by atoms with van der Waals surface area (Å²) >= 11 is 3.59. The summed E-state index contributed by atoms with van der Waals surface area (Å²) in [6.07, 6.45) is -6.71. The van der Waals surface area contributed by atoms with Crippen LogP contribution < -0.4 is 9.80 Å². The second-order valence-electron chi connectivity index (χ2n) is 10.6. The normalized spacial score (nSPS) is 21.7. The van der Waals surface area contributed by atoms with E-state index in [1.165, 1.54) is 4.90 Å². The van der Waals surface area contributed by atoms with Crippen molar-refractivity contribution in [3.05, 3.63) is 52.5 Å². The van der Waals surface area contributed by atoms with Gasteiger partial charge in [0.25, 0.3) is 0 Å². The van der Waals surface area contributed by atoms with Crippen molar-refractivity contribution in [1.29, 1.82) is 0 Å². The minimum Gasteiger partial charge on any atom is -0.303 e. The Hall–Kier alpha value is -2.27. The third-order valence-electron chi connectivity index (χ3n) is 7.55. The molecule has 206 valence electrons. The highest BCUT2D eigenvalue weighted by atomic mass is 79.9. The number of alkyl halides is 6. The first-order valence-electron chi connectivity index (χ1n) is 12.7. The maximum Gasteiger partial charge on any atom is 0.412 e. The lowest BCUT2D eigenvalue weighted by molar-refractivity contribution is -0.158. The summed E-state index contributed by atoms with van der Waals surface area (Å²) in [5.74, 6) is 0.397. The number of halogens is 7. The molecule has 3 aliphatic rings. The molecular weight excluding hydrogens is 574 g/mol. The van der Waals surface area contributed by atoms with Crippen molar-refractivity contribution in [2.75, 3.05) is 29.4 Å². The van der Waals surface area contributed by atoms with Gasteiger partial charge in [-0.05, 0) is 70.4 Å². The molecule has 0 bridgehead atoms.